The third-order valence-electron chi connectivity index (χ3n) is 6.12. The fourth-order valence-corrected chi connectivity index (χ4v) is 5.05. The third-order valence-corrected chi connectivity index (χ3v) is 7.25. The number of benzene rings is 4. The Bertz CT molecular complexity index is 1670. The molecule has 8 nitrogen and oxygen atoms in total. The lowest BCUT2D eigenvalue weighted by molar-refractivity contribution is 0.0973. The molecule has 0 atom stereocenters. The van der Waals surface area contributed by atoms with Crippen LogP contribution in [0.5, 0.6) is 11.5 Å². The van der Waals surface area contributed by atoms with Gasteiger partial charge in [0, 0.05) is 10.0 Å². The normalized spacial score (nSPS) is 12.0. The zero-order valence-corrected chi connectivity index (χ0v) is 22.8. The highest BCUT2D eigenvalue weighted by Gasteiger charge is 2.38. The maximum Gasteiger partial charge on any atom is 0.257 e. The summed E-state index contributed by atoms with van der Waals surface area (Å²) >= 11 is 24.2. The summed E-state index contributed by atoms with van der Waals surface area (Å²) in [5.74, 6) is -4.37. The molecule has 5 rings (SSSR count). The molecule has 4 aromatic rings. The highest BCUT2D eigenvalue weighted by atomic mass is 35.5. The quantitative estimate of drug-likeness (QED) is 0.161. The minimum atomic E-state index is -0.887. The molecule has 0 spiro atoms. The molecule has 1 aliphatic rings. The molecule has 4 aromatic carbocycles. The van der Waals surface area contributed by atoms with Gasteiger partial charge in [0.1, 0.15) is 11.5 Å². The van der Waals surface area contributed by atoms with E-state index in [1.807, 2.05) is 0 Å². The summed E-state index contributed by atoms with van der Waals surface area (Å²) in [5.41, 5.74) is -1.85. The van der Waals surface area contributed by atoms with Gasteiger partial charge in [0.25, 0.3) is 11.8 Å². The maximum absolute atomic E-state index is 13.7. The Morgan fingerprint density at radius 3 is 1.30 bits per heavy atom. The van der Waals surface area contributed by atoms with Gasteiger partial charge in [-0.15, -0.1) is 0 Å². The van der Waals surface area contributed by atoms with Crippen LogP contribution in [0.25, 0.3) is 0 Å². The number of carbonyl (C=O) groups is 4. The van der Waals surface area contributed by atoms with Gasteiger partial charge < -0.3 is 20.8 Å². The lowest BCUT2D eigenvalue weighted by Gasteiger charge is -2.24. The lowest BCUT2D eigenvalue weighted by atomic mass is 9.81. The summed E-state index contributed by atoms with van der Waals surface area (Å²) in [6, 6.07) is 13.1. The Hall–Kier alpha value is -4.08. The summed E-state index contributed by atoms with van der Waals surface area (Å²) in [6.45, 7) is 0. The first-order valence-corrected chi connectivity index (χ1v) is 12.8. The van der Waals surface area contributed by atoms with Crippen LogP contribution in [0.4, 0.5) is 11.4 Å². The van der Waals surface area contributed by atoms with Crippen molar-refractivity contribution in [1.29, 1.82) is 0 Å². The highest BCUT2D eigenvalue weighted by molar-refractivity contribution is 6.38. The van der Waals surface area contributed by atoms with E-state index < -0.39 is 46.0 Å². The predicted octanol–water partition coefficient (Wildman–Crippen LogP) is 6.99. The number of hydrogen-bond acceptors (Lipinski definition) is 6. The lowest BCUT2D eigenvalue weighted by Crippen LogP contribution is -2.26. The number of phenolic OH excluding ortho intramolecular Hbond substituents is 2. The summed E-state index contributed by atoms with van der Waals surface area (Å²) < 4.78 is 0. The average molecular weight is 616 g/mol. The average Bonchev–Trinajstić information content (AvgIpc) is 2.91. The molecule has 1 aliphatic carbocycles. The highest BCUT2D eigenvalue weighted by Crippen LogP contribution is 2.43. The van der Waals surface area contributed by atoms with Crippen molar-refractivity contribution in [3.63, 3.8) is 0 Å². The van der Waals surface area contributed by atoms with E-state index in [9.17, 15) is 29.4 Å². The molecule has 0 radical (unpaired) electrons. The number of carbonyl (C=O) groups excluding carboxylic acids is 4. The number of halogens is 4. The van der Waals surface area contributed by atoms with Crippen molar-refractivity contribution in [3.8, 4) is 11.5 Å². The van der Waals surface area contributed by atoms with Gasteiger partial charge in [0.05, 0.1) is 54.8 Å². The van der Waals surface area contributed by atoms with Gasteiger partial charge >= 0.3 is 0 Å². The van der Waals surface area contributed by atoms with Crippen molar-refractivity contribution in [2.24, 2.45) is 0 Å². The van der Waals surface area contributed by atoms with Gasteiger partial charge in [-0.25, -0.2) is 0 Å². The third kappa shape index (κ3) is 4.76. The van der Waals surface area contributed by atoms with Crippen molar-refractivity contribution >= 4 is 81.2 Å². The van der Waals surface area contributed by atoms with Gasteiger partial charge in [-0.05, 0) is 60.7 Å². The number of phenols is 2. The molecule has 0 fully saturated rings. The van der Waals surface area contributed by atoms with Crippen molar-refractivity contribution < 1.29 is 29.4 Å². The van der Waals surface area contributed by atoms with Crippen LogP contribution in [-0.4, -0.2) is 33.6 Å². The fourth-order valence-electron chi connectivity index (χ4n) is 4.30. The van der Waals surface area contributed by atoms with Gasteiger partial charge in [0.15, 0.2) is 0 Å². The molecular formula is C28H14Cl4N2O6. The van der Waals surface area contributed by atoms with Crippen LogP contribution >= 0.6 is 46.4 Å². The second-order valence-electron chi connectivity index (χ2n) is 8.58. The molecular weight excluding hydrogens is 602 g/mol. The Balaban J connectivity index is 1.59. The van der Waals surface area contributed by atoms with E-state index >= 15 is 0 Å². The number of amides is 2. The molecule has 12 heteroatoms. The van der Waals surface area contributed by atoms with Crippen LogP contribution in [0.3, 0.4) is 0 Å². The van der Waals surface area contributed by atoms with Crippen LogP contribution < -0.4 is 10.6 Å². The number of rotatable bonds is 4. The van der Waals surface area contributed by atoms with Gasteiger partial charge in [-0.3, -0.25) is 19.2 Å². The van der Waals surface area contributed by atoms with E-state index in [4.69, 9.17) is 46.4 Å². The minimum Gasteiger partial charge on any atom is -0.507 e. The van der Waals surface area contributed by atoms with Crippen LogP contribution in [0.1, 0.15) is 52.6 Å². The summed E-state index contributed by atoms with van der Waals surface area (Å²) in [6.07, 6.45) is 0. The molecule has 0 aliphatic heterocycles. The second-order valence-corrected chi connectivity index (χ2v) is 10.3. The molecule has 40 heavy (non-hydrogen) atoms. The molecule has 2 amide bonds. The summed E-state index contributed by atoms with van der Waals surface area (Å²) in [4.78, 5) is 53.4. The van der Waals surface area contributed by atoms with Gasteiger partial charge in [-0.1, -0.05) is 46.4 Å². The number of aromatic hydroxyl groups is 2. The molecule has 0 unspecified atom stereocenters. The van der Waals surface area contributed by atoms with Crippen molar-refractivity contribution in [2.45, 2.75) is 0 Å². The Kier molecular flexibility index (Phi) is 7.20. The van der Waals surface area contributed by atoms with E-state index in [1.54, 1.807) is 0 Å². The second kappa shape index (κ2) is 10.5. The summed E-state index contributed by atoms with van der Waals surface area (Å²) in [7, 11) is 0. The first kappa shape index (κ1) is 27.5. The SMILES string of the molecule is O=C(Nc1ccc(O)c2c1C(=O)c1c(O)ccc(NC(=O)c3cc(Cl)ccc3Cl)c1C2=O)c1cc(Cl)ccc1Cl. The van der Waals surface area contributed by atoms with E-state index in [0.29, 0.717) is 0 Å². The number of ketones is 2. The number of hydrogen-bond donors (Lipinski definition) is 4. The van der Waals surface area contributed by atoms with Gasteiger partial charge in [0.2, 0.25) is 11.6 Å². The Morgan fingerprint density at radius 2 is 0.925 bits per heavy atom. The Morgan fingerprint density at radius 1 is 0.550 bits per heavy atom. The first-order valence-electron chi connectivity index (χ1n) is 11.3. The monoisotopic (exact) mass is 614 g/mol. The van der Waals surface area contributed by atoms with E-state index in [2.05, 4.69) is 10.6 Å². The molecule has 0 bridgehead atoms. The van der Waals surface area contributed by atoms with Crippen molar-refractivity contribution in [3.05, 3.63) is 114 Å². The Labute approximate surface area is 246 Å². The topological polar surface area (TPSA) is 133 Å². The molecule has 0 aromatic heterocycles. The molecule has 200 valence electrons. The van der Waals surface area contributed by atoms with Crippen molar-refractivity contribution in [2.75, 3.05) is 10.6 Å². The largest absolute Gasteiger partial charge is 0.507 e. The van der Waals surface area contributed by atoms with E-state index in [-0.39, 0.29) is 53.7 Å². The first-order chi connectivity index (χ1) is 19.0. The zero-order valence-electron chi connectivity index (χ0n) is 19.8. The van der Waals surface area contributed by atoms with Gasteiger partial charge in [-0.2, -0.15) is 0 Å². The standard InChI is InChI=1S/C28H14Cl4N2O6/c29-11-1-3-15(31)13(9-11)27(39)33-17-5-7-19(35)23-21(17)25(37)24-20(36)8-6-18(22(24)26(23)38)34-28(40)14-10-12(30)2-4-16(14)32/h1-10,35-36H,(H,33,39)(H,34,40). The molecule has 4 N–H and O–H groups in total. The van der Waals surface area contributed by atoms with E-state index in [0.717, 1.165) is 12.1 Å². The molecule has 0 saturated heterocycles. The number of fused-ring (bicyclic) bond motifs is 2. The smallest absolute Gasteiger partial charge is 0.257 e. The maximum atomic E-state index is 13.7. The van der Waals surface area contributed by atoms with Crippen LogP contribution in [0, 0.1) is 0 Å². The number of anilines is 2. The van der Waals surface area contributed by atoms with E-state index in [1.165, 1.54) is 48.5 Å². The zero-order chi connectivity index (χ0) is 28.9. The molecule has 0 heterocycles. The van der Waals surface area contributed by atoms with Crippen LogP contribution in [0.2, 0.25) is 20.1 Å². The van der Waals surface area contributed by atoms with Crippen LogP contribution in [0.15, 0.2) is 60.7 Å². The fraction of sp³-hybridized carbons (Fsp3) is 0. The number of nitrogens with one attached hydrogen (secondary N) is 2. The van der Waals surface area contributed by atoms with Crippen molar-refractivity contribution in [1.82, 2.24) is 0 Å². The van der Waals surface area contributed by atoms with Crippen LogP contribution in [-0.2, 0) is 0 Å². The predicted molar refractivity (Wildman–Crippen MR) is 152 cm³/mol. The summed E-state index contributed by atoms with van der Waals surface area (Å²) in [5, 5.41) is 26.9. The minimum absolute atomic E-state index is 0.00139. The molecule has 0 saturated carbocycles.